The van der Waals surface area contributed by atoms with E-state index in [1.54, 1.807) is 6.20 Å². The second kappa shape index (κ2) is 6.06. The van der Waals surface area contributed by atoms with Crippen LogP contribution in [0.15, 0.2) is 36.5 Å². The lowest BCUT2D eigenvalue weighted by molar-refractivity contribution is 0.112. The molecule has 104 valence electrons. The van der Waals surface area contributed by atoms with Crippen LogP contribution in [0.4, 0.5) is 5.82 Å². The standard InChI is InChI=1S/C16H17ClN2O/c1-11-8-13(10-20)9-18-16(11)19(3)12(2)14-6-4-5-7-15(14)17/h4-10,12H,1-3H3. The summed E-state index contributed by atoms with van der Waals surface area (Å²) in [6, 6.07) is 9.72. The monoisotopic (exact) mass is 288 g/mol. The van der Waals surface area contributed by atoms with Crippen molar-refractivity contribution in [3.63, 3.8) is 0 Å². The molecule has 20 heavy (non-hydrogen) atoms. The number of carbonyl (C=O) groups excluding carboxylic acids is 1. The highest BCUT2D eigenvalue weighted by Crippen LogP contribution is 2.30. The molecular formula is C16H17ClN2O. The van der Waals surface area contributed by atoms with Crippen LogP contribution in [0.3, 0.4) is 0 Å². The summed E-state index contributed by atoms with van der Waals surface area (Å²) in [4.78, 5) is 17.2. The van der Waals surface area contributed by atoms with Gasteiger partial charge >= 0.3 is 0 Å². The van der Waals surface area contributed by atoms with Gasteiger partial charge < -0.3 is 4.90 Å². The molecule has 0 bridgehead atoms. The SMILES string of the molecule is Cc1cc(C=O)cnc1N(C)C(C)c1ccccc1Cl. The summed E-state index contributed by atoms with van der Waals surface area (Å²) in [5.74, 6) is 0.850. The lowest BCUT2D eigenvalue weighted by Crippen LogP contribution is -2.23. The topological polar surface area (TPSA) is 33.2 Å². The number of hydrogen-bond donors (Lipinski definition) is 0. The molecule has 0 fully saturated rings. The van der Waals surface area contributed by atoms with Gasteiger partial charge in [0, 0.05) is 23.8 Å². The van der Waals surface area contributed by atoms with E-state index in [0.29, 0.717) is 5.56 Å². The van der Waals surface area contributed by atoms with Crippen LogP contribution >= 0.6 is 11.6 Å². The number of nitrogens with zero attached hydrogens (tertiary/aromatic N) is 2. The number of rotatable bonds is 4. The molecule has 0 aliphatic carbocycles. The van der Waals surface area contributed by atoms with Crippen LogP contribution in [0.25, 0.3) is 0 Å². The Morgan fingerprint density at radius 2 is 2.05 bits per heavy atom. The van der Waals surface area contributed by atoms with Gasteiger partial charge in [-0.1, -0.05) is 29.8 Å². The molecule has 1 aromatic heterocycles. The number of benzene rings is 1. The predicted octanol–water partition coefficient (Wildman–Crippen LogP) is 4.05. The molecule has 0 spiro atoms. The minimum atomic E-state index is 0.0944. The molecule has 1 heterocycles. The molecular weight excluding hydrogens is 272 g/mol. The number of aromatic nitrogens is 1. The van der Waals surface area contributed by atoms with E-state index in [-0.39, 0.29) is 6.04 Å². The molecule has 0 aliphatic heterocycles. The Hall–Kier alpha value is -1.87. The van der Waals surface area contributed by atoms with Gasteiger partial charge in [-0.05, 0) is 37.1 Å². The number of aryl methyl sites for hydroxylation is 1. The minimum Gasteiger partial charge on any atom is -0.353 e. The normalized spacial score (nSPS) is 12.0. The molecule has 0 N–H and O–H groups in total. The zero-order chi connectivity index (χ0) is 14.7. The minimum absolute atomic E-state index is 0.0944. The highest BCUT2D eigenvalue weighted by Gasteiger charge is 2.17. The van der Waals surface area contributed by atoms with E-state index in [1.807, 2.05) is 44.3 Å². The Morgan fingerprint density at radius 1 is 1.35 bits per heavy atom. The first-order chi connectivity index (χ1) is 9.54. The van der Waals surface area contributed by atoms with Gasteiger partial charge in [0.05, 0.1) is 6.04 Å². The second-order valence-corrected chi connectivity index (χ2v) is 5.24. The summed E-state index contributed by atoms with van der Waals surface area (Å²) in [5.41, 5.74) is 2.61. The van der Waals surface area contributed by atoms with Crippen molar-refractivity contribution in [3.05, 3.63) is 58.2 Å². The molecule has 2 aromatic rings. The van der Waals surface area contributed by atoms with Crippen LogP contribution in [0, 0.1) is 6.92 Å². The van der Waals surface area contributed by atoms with Crippen LogP contribution in [0.1, 0.15) is 34.5 Å². The number of carbonyl (C=O) groups is 1. The molecule has 2 rings (SSSR count). The lowest BCUT2D eigenvalue weighted by Gasteiger charge is -2.28. The Labute approximate surface area is 124 Å². The smallest absolute Gasteiger partial charge is 0.151 e. The molecule has 3 nitrogen and oxygen atoms in total. The molecule has 0 amide bonds. The van der Waals surface area contributed by atoms with Gasteiger partial charge in [-0.2, -0.15) is 0 Å². The van der Waals surface area contributed by atoms with Crippen molar-refractivity contribution in [1.82, 2.24) is 4.98 Å². The van der Waals surface area contributed by atoms with Gasteiger partial charge in [0.25, 0.3) is 0 Å². The summed E-state index contributed by atoms with van der Waals surface area (Å²) >= 11 is 6.24. The molecule has 0 saturated heterocycles. The van der Waals surface area contributed by atoms with Gasteiger partial charge in [-0.25, -0.2) is 4.98 Å². The third-order valence-electron chi connectivity index (χ3n) is 3.48. The van der Waals surface area contributed by atoms with Crippen molar-refractivity contribution >= 4 is 23.7 Å². The fourth-order valence-electron chi connectivity index (χ4n) is 2.23. The van der Waals surface area contributed by atoms with E-state index in [2.05, 4.69) is 16.8 Å². The summed E-state index contributed by atoms with van der Waals surface area (Å²) in [5, 5.41) is 0.744. The van der Waals surface area contributed by atoms with Crippen molar-refractivity contribution in [1.29, 1.82) is 0 Å². The maximum atomic E-state index is 10.8. The largest absolute Gasteiger partial charge is 0.353 e. The quantitative estimate of drug-likeness (QED) is 0.796. The van der Waals surface area contributed by atoms with Gasteiger partial charge in [0.2, 0.25) is 0 Å². The maximum Gasteiger partial charge on any atom is 0.151 e. The Bertz CT molecular complexity index is 628. The average Bonchev–Trinajstić information content (AvgIpc) is 2.46. The first-order valence-corrected chi connectivity index (χ1v) is 6.81. The number of halogens is 1. The molecule has 4 heteroatoms. The first-order valence-electron chi connectivity index (χ1n) is 6.43. The van der Waals surface area contributed by atoms with Crippen LogP contribution < -0.4 is 4.90 Å². The summed E-state index contributed by atoms with van der Waals surface area (Å²) < 4.78 is 0. The van der Waals surface area contributed by atoms with Gasteiger partial charge in [0.1, 0.15) is 5.82 Å². The number of anilines is 1. The Kier molecular flexibility index (Phi) is 4.40. The maximum absolute atomic E-state index is 10.8. The first kappa shape index (κ1) is 14.5. The highest BCUT2D eigenvalue weighted by atomic mass is 35.5. The lowest BCUT2D eigenvalue weighted by atomic mass is 10.1. The van der Waals surface area contributed by atoms with Crippen LogP contribution in [0.5, 0.6) is 0 Å². The predicted molar refractivity (Wildman–Crippen MR) is 82.6 cm³/mol. The van der Waals surface area contributed by atoms with E-state index >= 15 is 0 Å². The fourth-order valence-corrected chi connectivity index (χ4v) is 2.52. The molecule has 0 aliphatic rings. The number of aldehydes is 1. The fraction of sp³-hybridized carbons (Fsp3) is 0.250. The van der Waals surface area contributed by atoms with E-state index in [9.17, 15) is 4.79 Å². The molecule has 0 saturated carbocycles. The molecule has 1 atom stereocenters. The van der Waals surface area contributed by atoms with Crippen LogP contribution in [-0.2, 0) is 0 Å². The average molecular weight is 289 g/mol. The molecule has 1 aromatic carbocycles. The van der Waals surface area contributed by atoms with E-state index in [4.69, 9.17) is 11.6 Å². The zero-order valence-electron chi connectivity index (χ0n) is 11.8. The summed E-state index contributed by atoms with van der Waals surface area (Å²) in [6.45, 7) is 4.03. The van der Waals surface area contributed by atoms with Gasteiger partial charge in [-0.15, -0.1) is 0 Å². The van der Waals surface area contributed by atoms with Crippen molar-refractivity contribution in [2.24, 2.45) is 0 Å². The van der Waals surface area contributed by atoms with Crippen LogP contribution in [0.2, 0.25) is 5.02 Å². The highest BCUT2D eigenvalue weighted by molar-refractivity contribution is 6.31. The van der Waals surface area contributed by atoms with Crippen molar-refractivity contribution in [2.45, 2.75) is 19.9 Å². The molecule has 1 unspecified atom stereocenters. The number of pyridine rings is 1. The zero-order valence-corrected chi connectivity index (χ0v) is 12.6. The van der Waals surface area contributed by atoms with Crippen molar-refractivity contribution in [2.75, 3.05) is 11.9 Å². The summed E-state index contributed by atoms with van der Waals surface area (Å²) in [6.07, 6.45) is 2.40. The van der Waals surface area contributed by atoms with Crippen molar-refractivity contribution < 1.29 is 4.79 Å². The second-order valence-electron chi connectivity index (χ2n) is 4.84. The van der Waals surface area contributed by atoms with Gasteiger partial charge in [0.15, 0.2) is 6.29 Å². The number of hydrogen-bond acceptors (Lipinski definition) is 3. The van der Waals surface area contributed by atoms with Crippen LogP contribution in [-0.4, -0.2) is 18.3 Å². The third kappa shape index (κ3) is 2.83. The van der Waals surface area contributed by atoms with Crippen molar-refractivity contribution in [3.8, 4) is 0 Å². The van der Waals surface area contributed by atoms with Gasteiger partial charge in [-0.3, -0.25) is 4.79 Å². The third-order valence-corrected chi connectivity index (χ3v) is 3.82. The van der Waals surface area contributed by atoms with E-state index in [1.165, 1.54) is 0 Å². The van der Waals surface area contributed by atoms with E-state index < -0.39 is 0 Å². The summed E-state index contributed by atoms with van der Waals surface area (Å²) in [7, 11) is 1.98. The molecule has 0 radical (unpaired) electrons. The Balaban J connectivity index is 2.34. The Morgan fingerprint density at radius 3 is 2.65 bits per heavy atom. The van der Waals surface area contributed by atoms with E-state index in [0.717, 1.165) is 28.3 Å².